The average molecular weight is 410 g/mol. The van der Waals surface area contributed by atoms with Crippen molar-refractivity contribution in [1.29, 1.82) is 0 Å². The maximum absolute atomic E-state index is 12.8. The van der Waals surface area contributed by atoms with Crippen molar-refractivity contribution in [2.24, 2.45) is 17.8 Å². The molecule has 2 saturated heterocycles. The van der Waals surface area contributed by atoms with Crippen LogP contribution < -0.4 is 0 Å². The number of carbonyl (C=O) groups is 2. The molecule has 2 aliphatic heterocycles. The van der Waals surface area contributed by atoms with Crippen LogP contribution in [0, 0.1) is 17.8 Å². The van der Waals surface area contributed by atoms with Crippen LogP contribution in [-0.4, -0.2) is 41.6 Å². The fourth-order valence-corrected chi connectivity index (χ4v) is 5.47. The van der Waals surface area contributed by atoms with Gasteiger partial charge in [0.1, 0.15) is 5.75 Å². The minimum Gasteiger partial charge on any atom is -0.507 e. The minimum atomic E-state index is -0.249. The third kappa shape index (κ3) is 3.60. The maximum Gasteiger partial charge on any atom is 0.233 e. The van der Waals surface area contributed by atoms with Crippen molar-refractivity contribution in [3.05, 3.63) is 46.5 Å². The Balaban J connectivity index is 1.54. The van der Waals surface area contributed by atoms with E-state index >= 15 is 0 Å². The largest absolute Gasteiger partial charge is 0.507 e. The third-order valence-electron chi connectivity index (χ3n) is 6.92. The van der Waals surface area contributed by atoms with Gasteiger partial charge in [-0.1, -0.05) is 48.8 Å². The number of amides is 2. The van der Waals surface area contributed by atoms with Crippen LogP contribution in [0.1, 0.15) is 51.5 Å². The van der Waals surface area contributed by atoms with Crippen molar-refractivity contribution in [2.75, 3.05) is 13.7 Å². The van der Waals surface area contributed by atoms with Crippen molar-refractivity contribution in [3.8, 4) is 5.75 Å². The summed E-state index contributed by atoms with van der Waals surface area (Å²) in [6.45, 7) is 4.77. The second kappa shape index (κ2) is 8.38. The van der Waals surface area contributed by atoms with Crippen molar-refractivity contribution < 1.29 is 19.4 Å². The number of phenols is 1. The van der Waals surface area contributed by atoms with Gasteiger partial charge in [0.15, 0.2) is 0 Å². The van der Waals surface area contributed by atoms with Crippen LogP contribution in [0.2, 0.25) is 0 Å². The second-order valence-corrected chi connectivity index (χ2v) is 8.90. The molecule has 2 heterocycles. The fraction of sp³-hybridized carbons (Fsp3) is 0.520. The van der Waals surface area contributed by atoms with Gasteiger partial charge in [-0.3, -0.25) is 14.5 Å². The number of carbonyl (C=O) groups excluding carboxylic acids is 2. The van der Waals surface area contributed by atoms with E-state index in [1.165, 1.54) is 21.6 Å². The number of likely N-dealkylation sites (tertiary alicyclic amines) is 1. The van der Waals surface area contributed by atoms with E-state index in [0.717, 1.165) is 31.2 Å². The summed E-state index contributed by atoms with van der Waals surface area (Å²) in [5, 5.41) is 10.0. The lowest BCUT2D eigenvalue weighted by molar-refractivity contribution is -0.138. The number of phenolic OH excluding ortho intramolecular Hbond substituents is 1. The Morgan fingerprint density at radius 1 is 1.23 bits per heavy atom. The molecule has 3 aliphatic rings. The molecule has 0 aromatic heterocycles. The molecule has 1 aromatic carbocycles. The molecule has 160 valence electrons. The molecule has 5 heteroatoms. The van der Waals surface area contributed by atoms with Crippen molar-refractivity contribution in [1.82, 2.24) is 4.90 Å². The van der Waals surface area contributed by atoms with Crippen molar-refractivity contribution in [3.63, 3.8) is 0 Å². The summed E-state index contributed by atoms with van der Waals surface area (Å²) in [4.78, 5) is 26.7. The highest BCUT2D eigenvalue weighted by Crippen LogP contribution is 2.50. The summed E-state index contributed by atoms with van der Waals surface area (Å²) in [6.07, 6.45) is 6.44. The molecular formula is C25H31NO4. The summed E-state index contributed by atoms with van der Waals surface area (Å²) in [5.74, 6) is -0.192. The van der Waals surface area contributed by atoms with Crippen LogP contribution in [0.25, 0.3) is 6.08 Å². The van der Waals surface area contributed by atoms with Crippen LogP contribution in [0.3, 0.4) is 0 Å². The molecule has 1 aromatic rings. The SMILES string of the molecule is CCCC1=C2[C@@H](CC/C(C)=C/c3ccccc3O)OC[C@@H]2[C@@H]2C(=O)N(C)C(=O)[C@@H]2C1. The average Bonchev–Trinajstić information content (AvgIpc) is 3.24. The number of hydrogen-bond acceptors (Lipinski definition) is 4. The molecule has 4 rings (SSSR count). The van der Waals surface area contributed by atoms with E-state index in [1.807, 2.05) is 24.3 Å². The Bertz CT molecular complexity index is 915. The maximum atomic E-state index is 12.8. The number of nitrogens with zero attached hydrogens (tertiary/aromatic N) is 1. The zero-order chi connectivity index (χ0) is 21.4. The lowest BCUT2D eigenvalue weighted by Crippen LogP contribution is -2.34. The van der Waals surface area contributed by atoms with Gasteiger partial charge in [-0.15, -0.1) is 0 Å². The molecule has 0 bridgehead atoms. The number of hydrogen-bond donors (Lipinski definition) is 1. The van der Waals surface area contributed by atoms with Gasteiger partial charge in [-0.2, -0.15) is 0 Å². The van der Waals surface area contributed by atoms with Gasteiger partial charge in [-0.05, 0) is 44.2 Å². The molecule has 5 nitrogen and oxygen atoms in total. The van der Waals surface area contributed by atoms with E-state index in [4.69, 9.17) is 4.74 Å². The van der Waals surface area contributed by atoms with Gasteiger partial charge in [0.2, 0.25) is 11.8 Å². The monoisotopic (exact) mass is 409 g/mol. The third-order valence-corrected chi connectivity index (χ3v) is 6.92. The Morgan fingerprint density at radius 3 is 2.73 bits per heavy atom. The van der Waals surface area contributed by atoms with Gasteiger partial charge in [0.05, 0.1) is 24.5 Å². The quantitative estimate of drug-likeness (QED) is 0.561. The first-order valence-corrected chi connectivity index (χ1v) is 11.0. The van der Waals surface area contributed by atoms with E-state index in [-0.39, 0.29) is 41.4 Å². The number of allylic oxidation sites excluding steroid dienone is 2. The fourth-order valence-electron chi connectivity index (χ4n) is 5.47. The predicted molar refractivity (Wildman–Crippen MR) is 116 cm³/mol. The molecule has 2 fully saturated rings. The van der Waals surface area contributed by atoms with E-state index in [2.05, 4.69) is 13.8 Å². The highest BCUT2D eigenvalue weighted by atomic mass is 16.5. The smallest absolute Gasteiger partial charge is 0.233 e. The van der Waals surface area contributed by atoms with E-state index in [1.54, 1.807) is 13.1 Å². The summed E-state index contributed by atoms with van der Waals surface area (Å²) >= 11 is 0. The first kappa shape index (κ1) is 20.9. The van der Waals surface area contributed by atoms with Crippen molar-refractivity contribution >= 4 is 17.9 Å². The summed E-state index contributed by atoms with van der Waals surface area (Å²) in [7, 11) is 1.61. The van der Waals surface area contributed by atoms with Crippen LogP contribution in [0.5, 0.6) is 5.75 Å². The highest BCUT2D eigenvalue weighted by Gasteiger charge is 2.55. The van der Waals surface area contributed by atoms with Gasteiger partial charge < -0.3 is 9.84 Å². The molecule has 0 radical (unpaired) electrons. The predicted octanol–water partition coefficient (Wildman–Crippen LogP) is 4.32. The molecule has 30 heavy (non-hydrogen) atoms. The molecule has 0 saturated carbocycles. The number of rotatable bonds is 6. The van der Waals surface area contributed by atoms with Gasteiger partial charge in [0, 0.05) is 18.5 Å². The molecule has 2 amide bonds. The topological polar surface area (TPSA) is 66.8 Å². The molecule has 0 spiro atoms. The molecule has 4 atom stereocenters. The highest BCUT2D eigenvalue weighted by molar-refractivity contribution is 6.05. The Hall–Kier alpha value is -2.40. The summed E-state index contributed by atoms with van der Waals surface area (Å²) in [5.41, 5.74) is 4.64. The van der Waals surface area contributed by atoms with E-state index in [0.29, 0.717) is 13.0 Å². The summed E-state index contributed by atoms with van der Waals surface area (Å²) < 4.78 is 6.21. The van der Waals surface area contributed by atoms with E-state index in [9.17, 15) is 14.7 Å². The Morgan fingerprint density at radius 2 is 2.00 bits per heavy atom. The van der Waals surface area contributed by atoms with Crippen LogP contribution >= 0.6 is 0 Å². The standard InChI is InChI=1S/C25H31NO4/c1-4-7-17-13-18-23(25(29)26(3)24(18)28)19-14-30-21(22(17)19)11-10-15(2)12-16-8-5-6-9-20(16)27/h5-6,8-9,12,18-19,21,23,27H,4,7,10-11,13-14H2,1-3H3/b15-12+/t18-,19+,21-,23-/m1/s1. The lowest BCUT2D eigenvalue weighted by atomic mass is 9.68. The zero-order valence-electron chi connectivity index (χ0n) is 18.1. The van der Waals surface area contributed by atoms with E-state index < -0.39 is 0 Å². The Kier molecular flexibility index (Phi) is 5.83. The number of benzene rings is 1. The normalized spacial score (nSPS) is 28.9. The van der Waals surface area contributed by atoms with Gasteiger partial charge in [0.25, 0.3) is 0 Å². The molecular weight excluding hydrogens is 378 g/mol. The van der Waals surface area contributed by atoms with Gasteiger partial charge >= 0.3 is 0 Å². The minimum absolute atomic E-state index is 0.0130. The number of ether oxygens (including phenoxy) is 1. The van der Waals surface area contributed by atoms with Crippen molar-refractivity contribution in [2.45, 2.75) is 52.1 Å². The second-order valence-electron chi connectivity index (χ2n) is 8.90. The number of aromatic hydroxyl groups is 1. The number of fused-ring (bicyclic) bond motifs is 3. The lowest BCUT2D eigenvalue weighted by Gasteiger charge is -2.32. The van der Waals surface area contributed by atoms with Gasteiger partial charge in [-0.25, -0.2) is 0 Å². The van der Waals surface area contributed by atoms with Crippen LogP contribution in [0.15, 0.2) is 41.0 Å². The molecule has 1 N–H and O–H groups in total. The van der Waals surface area contributed by atoms with Crippen LogP contribution in [0.4, 0.5) is 0 Å². The number of para-hydroxylation sites is 1. The van der Waals surface area contributed by atoms with Crippen LogP contribution in [-0.2, 0) is 14.3 Å². The summed E-state index contributed by atoms with van der Waals surface area (Å²) in [6, 6.07) is 7.34. The zero-order valence-corrected chi connectivity index (χ0v) is 18.1. The Labute approximate surface area is 178 Å². The first-order chi connectivity index (χ1) is 14.4. The first-order valence-electron chi connectivity index (χ1n) is 11.0. The molecule has 1 aliphatic carbocycles. The molecule has 0 unspecified atom stereocenters. The number of imide groups is 1.